The number of anilines is 1. The molecule has 0 radical (unpaired) electrons. The minimum atomic E-state index is -5.05. The van der Waals surface area contributed by atoms with Crippen LogP contribution in [0.3, 0.4) is 0 Å². The molecule has 0 bridgehead atoms. The van der Waals surface area contributed by atoms with Gasteiger partial charge in [-0.05, 0) is 55.6 Å². The van der Waals surface area contributed by atoms with Crippen LogP contribution in [0.15, 0.2) is 78.9 Å². The number of carbonyl (C=O) groups excluding carboxylic acids is 2. The second kappa shape index (κ2) is 14.3. The van der Waals surface area contributed by atoms with Crippen LogP contribution in [0.4, 0.5) is 18.9 Å². The number of aliphatic hydroxyl groups excluding tert-OH is 1. The van der Waals surface area contributed by atoms with Crippen molar-refractivity contribution in [1.29, 1.82) is 0 Å². The zero-order valence-corrected chi connectivity index (χ0v) is 26.1. The molecule has 0 aliphatic carbocycles. The molecule has 11 heteroatoms. The maximum absolute atomic E-state index is 13.1. The number of ether oxygens (including phenoxy) is 2. The van der Waals surface area contributed by atoms with Gasteiger partial charge in [-0.3, -0.25) is 14.5 Å². The van der Waals surface area contributed by atoms with E-state index in [2.05, 4.69) is 43.2 Å². The Hall–Kier alpha value is -3.77. The highest BCUT2D eigenvalue weighted by Gasteiger charge is 2.47. The lowest BCUT2D eigenvalue weighted by Crippen LogP contribution is -2.48. The first-order valence-corrected chi connectivity index (χ1v) is 15.5. The van der Waals surface area contributed by atoms with Crippen molar-refractivity contribution in [3.8, 4) is 0 Å². The van der Waals surface area contributed by atoms with Gasteiger partial charge in [0.25, 0.3) is 0 Å². The SMILES string of the molecule is C[C@H]1[C@@H](CN(C)[C@@H](C)c2ccccc2)O[C@@H](c2cccc(NC(=O)[C@@H]3CCCN3C(=O)C(F)(F)F)c2)O[C@H]1c1ccc(CO)cc1. The molecule has 2 N–H and O–H groups in total. The number of aliphatic hydroxyl groups is 1. The molecule has 0 saturated carbocycles. The molecule has 2 aliphatic heterocycles. The van der Waals surface area contributed by atoms with Crippen LogP contribution < -0.4 is 5.32 Å². The molecule has 6 atom stereocenters. The lowest BCUT2D eigenvalue weighted by Gasteiger charge is -2.43. The fourth-order valence-electron chi connectivity index (χ4n) is 6.19. The van der Waals surface area contributed by atoms with E-state index < -0.39 is 30.3 Å². The molecule has 246 valence electrons. The normalized spacial score (nSPS) is 24.2. The summed E-state index contributed by atoms with van der Waals surface area (Å²) in [5.41, 5.74) is 3.88. The molecule has 2 fully saturated rings. The summed E-state index contributed by atoms with van der Waals surface area (Å²) < 4.78 is 52.5. The van der Waals surface area contributed by atoms with Crippen molar-refractivity contribution in [3.05, 3.63) is 101 Å². The summed E-state index contributed by atoms with van der Waals surface area (Å²) in [7, 11) is 2.05. The van der Waals surface area contributed by atoms with Crippen LogP contribution in [-0.2, 0) is 25.7 Å². The smallest absolute Gasteiger partial charge is 0.392 e. The second-order valence-electron chi connectivity index (χ2n) is 12.1. The van der Waals surface area contributed by atoms with Crippen LogP contribution in [-0.4, -0.2) is 65.2 Å². The van der Waals surface area contributed by atoms with Crippen LogP contribution in [0.25, 0.3) is 0 Å². The van der Waals surface area contributed by atoms with E-state index in [-0.39, 0.29) is 43.7 Å². The first kappa shape index (κ1) is 33.6. The summed E-state index contributed by atoms with van der Waals surface area (Å²) in [4.78, 5) is 27.8. The van der Waals surface area contributed by atoms with E-state index in [1.54, 1.807) is 18.2 Å². The number of hydrogen-bond donors (Lipinski definition) is 2. The van der Waals surface area contributed by atoms with Gasteiger partial charge < -0.3 is 24.8 Å². The van der Waals surface area contributed by atoms with Crippen molar-refractivity contribution in [2.24, 2.45) is 5.92 Å². The Morgan fingerprint density at radius 2 is 1.74 bits per heavy atom. The Balaban J connectivity index is 1.37. The number of likely N-dealkylation sites (tertiary alicyclic amines) is 1. The van der Waals surface area contributed by atoms with Gasteiger partial charge in [-0.2, -0.15) is 13.2 Å². The first-order chi connectivity index (χ1) is 22.0. The van der Waals surface area contributed by atoms with Crippen molar-refractivity contribution in [1.82, 2.24) is 9.80 Å². The Kier molecular flexibility index (Phi) is 10.5. The average Bonchev–Trinajstić information content (AvgIpc) is 3.55. The summed E-state index contributed by atoms with van der Waals surface area (Å²) in [6, 6.07) is 23.6. The molecule has 46 heavy (non-hydrogen) atoms. The molecule has 3 aromatic carbocycles. The molecule has 0 aromatic heterocycles. The Morgan fingerprint density at radius 3 is 2.41 bits per heavy atom. The quantitative estimate of drug-likeness (QED) is 0.292. The van der Waals surface area contributed by atoms with Gasteiger partial charge in [0, 0.05) is 36.3 Å². The van der Waals surface area contributed by atoms with E-state index in [0.717, 1.165) is 11.1 Å². The lowest BCUT2D eigenvalue weighted by molar-refractivity contribution is -0.276. The monoisotopic (exact) mass is 639 g/mol. The number of halogens is 3. The maximum Gasteiger partial charge on any atom is 0.471 e. The van der Waals surface area contributed by atoms with E-state index in [0.29, 0.717) is 29.1 Å². The molecular formula is C35H40F3N3O5. The van der Waals surface area contributed by atoms with Crippen LogP contribution in [0.2, 0.25) is 0 Å². The van der Waals surface area contributed by atoms with Gasteiger partial charge in [-0.25, -0.2) is 0 Å². The summed E-state index contributed by atoms with van der Waals surface area (Å²) in [5.74, 6) is -2.74. The third kappa shape index (κ3) is 7.60. The average molecular weight is 640 g/mol. The zero-order valence-electron chi connectivity index (χ0n) is 26.1. The van der Waals surface area contributed by atoms with Crippen LogP contribution in [0, 0.1) is 5.92 Å². The van der Waals surface area contributed by atoms with Crippen LogP contribution >= 0.6 is 0 Å². The molecule has 2 saturated heterocycles. The number of carbonyl (C=O) groups is 2. The number of nitrogens with zero attached hydrogens (tertiary/aromatic N) is 2. The number of benzene rings is 3. The Bertz CT molecular complexity index is 1490. The molecule has 0 unspecified atom stereocenters. The molecule has 2 heterocycles. The summed E-state index contributed by atoms with van der Waals surface area (Å²) >= 11 is 0. The minimum Gasteiger partial charge on any atom is -0.392 e. The Labute approximate surface area is 267 Å². The molecule has 3 aromatic rings. The van der Waals surface area contributed by atoms with Crippen molar-refractivity contribution in [3.63, 3.8) is 0 Å². The van der Waals surface area contributed by atoms with Gasteiger partial charge in [0.1, 0.15) is 6.04 Å². The van der Waals surface area contributed by atoms with Gasteiger partial charge >= 0.3 is 12.1 Å². The van der Waals surface area contributed by atoms with Crippen LogP contribution in [0.1, 0.15) is 67.4 Å². The summed E-state index contributed by atoms with van der Waals surface area (Å²) in [6.07, 6.45) is -6.01. The first-order valence-electron chi connectivity index (χ1n) is 15.5. The van der Waals surface area contributed by atoms with E-state index in [1.165, 1.54) is 5.56 Å². The molecule has 5 rings (SSSR count). The standard InChI is InChI=1S/C35H40F3N3O5/c1-22-30(20-40(3)23(2)25-9-5-4-6-10-25)45-33(46-31(22)26-16-14-24(21-42)15-17-26)27-11-7-12-28(19-27)39-32(43)29-13-8-18-41(29)34(44)35(36,37)38/h4-7,9-12,14-17,19,22-23,29-31,33,42H,8,13,18,20-21H2,1-3H3,(H,39,43)/t22-,23-,29-,30+,31+,33+/m0/s1. The highest BCUT2D eigenvalue weighted by Crippen LogP contribution is 2.42. The third-order valence-electron chi connectivity index (χ3n) is 9.02. The largest absolute Gasteiger partial charge is 0.471 e. The molecule has 8 nitrogen and oxygen atoms in total. The van der Waals surface area contributed by atoms with Crippen LogP contribution in [0.5, 0.6) is 0 Å². The molecule has 0 spiro atoms. The number of nitrogens with one attached hydrogen (secondary N) is 1. The predicted octanol–water partition coefficient (Wildman–Crippen LogP) is 6.16. The number of likely N-dealkylation sites (N-methyl/N-ethyl adjacent to an activating group) is 1. The number of hydrogen-bond acceptors (Lipinski definition) is 6. The Morgan fingerprint density at radius 1 is 1.02 bits per heavy atom. The summed E-state index contributed by atoms with van der Waals surface area (Å²) in [6.45, 7) is 4.63. The van der Waals surface area contributed by atoms with Crippen molar-refractivity contribution < 1.29 is 37.3 Å². The van der Waals surface area contributed by atoms with Crippen molar-refractivity contribution in [2.75, 3.05) is 25.5 Å². The number of rotatable bonds is 9. The highest BCUT2D eigenvalue weighted by molar-refractivity contribution is 5.98. The van der Waals surface area contributed by atoms with E-state index in [1.807, 2.05) is 48.5 Å². The third-order valence-corrected chi connectivity index (χ3v) is 9.02. The fourth-order valence-corrected chi connectivity index (χ4v) is 6.19. The van der Waals surface area contributed by atoms with E-state index in [9.17, 15) is 27.9 Å². The topological polar surface area (TPSA) is 91.3 Å². The fraction of sp³-hybridized carbons (Fsp3) is 0.429. The van der Waals surface area contributed by atoms with Gasteiger partial charge in [0.2, 0.25) is 5.91 Å². The van der Waals surface area contributed by atoms with Crippen molar-refractivity contribution in [2.45, 2.75) is 70.1 Å². The highest BCUT2D eigenvalue weighted by atomic mass is 19.4. The van der Waals surface area contributed by atoms with E-state index >= 15 is 0 Å². The van der Waals surface area contributed by atoms with Gasteiger partial charge in [0.15, 0.2) is 6.29 Å². The lowest BCUT2D eigenvalue weighted by atomic mass is 9.89. The predicted molar refractivity (Wildman–Crippen MR) is 166 cm³/mol. The zero-order chi connectivity index (χ0) is 33.0. The van der Waals surface area contributed by atoms with E-state index in [4.69, 9.17) is 9.47 Å². The second-order valence-corrected chi connectivity index (χ2v) is 12.1. The maximum atomic E-state index is 13.1. The van der Waals surface area contributed by atoms with Gasteiger partial charge in [-0.15, -0.1) is 0 Å². The van der Waals surface area contributed by atoms with Crippen molar-refractivity contribution >= 4 is 17.5 Å². The molecule has 2 amide bonds. The van der Waals surface area contributed by atoms with Gasteiger partial charge in [-0.1, -0.05) is 73.7 Å². The minimum absolute atomic E-state index is 0.0518. The molecule has 2 aliphatic rings. The molecular weight excluding hydrogens is 599 g/mol. The number of alkyl halides is 3. The number of amides is 2. The van der Waals surface area contributed by atoms with Gasteiger partial charge in [0.05, 0.1) is 18.8 Å². The summed E-state index contributed by atoms with van der Waals surface area (Å²) in [5, 5.41) is 12.2.